The molecule has 3 aliphatic rings. The maximum Gasteiger partial charge on any atom is 0.252 e. The van der Waals surface area contributed by atoms with Crippen LogP contribution in [0.25, 0.3) is 60.5 Å². The lowest BCUT2D eigenvalue weighted by atomic mass is 9.33. The highest BCUT2D eigenvalue weighted by molar-refractivity contribution is 7.00. The highest BCUT2D eigenvalue weighted by Gasteiger charge is 2.44. The number of hydrogen-bond acceptors (Lipinski definition) is 3. The van der Waals surface area contributed by atoms with Crippen molar-refractivity contribution in [1.82, 2.24) is 0 Å². The van der Waals surface area contributed by atoms with Crippen LogP contribution in [0.2, 0.25) is 0 Å². The van der Waals surface area contributed by atoms with Gasteiger partial charge in [-0.05, 0) is 145 Å². The summed E-state index contributed by atoms with van der Waals surface area (Å²) >= 11 is 0. The number of fused-ring (bicyclic) bond motifs is 6. The second-order valence-corrected chi connectivity index (χ2v) is 20.7. The first kappa shape index (κ1) is 45.5. The molecule has 0 spiro atoms. The largest absolute Gasteiger partial charge is 0.311 e. The summed E-state index contributed by atoms with van der Waals surface area (Å²) in [6.07, 6.45) is 9.15. The van der Waals surface area contributed by atoms with Gasteiger partial charge in [0.2, 0.25) is 0 Å². The SMILES string of the molecule is C1=CC(c2ccc3c(c2)B2c4cc(-c5ccccc5)ccc4N(c4ccc(-c5ccccc5)cc4)c4cc(N(c5cccc6ccccc56)c5cccc6ccccc56)cc(c42)N3c2ccc(-c3ccccc3)cc2)=CCC1. The van der Waals surface area contributed by atoms with Crippen molar-refractivity contribution >= 4 is 101 Å². The molecule has 0 fully saturated rings. The Balaban J connectivity index is 1.06. The normalized spacial score (nSPS) is 13.2. The molecule has 0 amide bonds. The van der Waals surface area contributed by atoms with E-state index in [0.29, 0.717) is 0 Å². The van der Waals surface area contributed by atoms with Crippen molar-refractivity contribution in [3.05, 3.63) is 297 Å². The van der Waals surface area contributed by atoms with E-state index in [4.69, 9.17) is 0 Å². The lowest BCUT2D eigenvalue weighted by Crippen LogP contribution is -2.61. The van der Waals surface area contributed by atoms with Gasteiger partial charge in [0, 0.05) is 44.9 Å². The van der Waals surface area contributed by atoms with E-state index in [1.165, 1.54) is 93.8 Å². The summed E-state index contributed by atoms with van der Waals surface area (Å²) in [6, 6.07) is 101. The van der Waals surface area contributed by atoms with Crippen LogP contribution in [0.4, 0.5) is 51.2 Å². The molecule has 0 radical (unpaired) electrons. The minimum atomic E-state index is -0.117. The Kier molecular flexibility index (Phi) is 11.1. The Morgan fingerprint density at radius 3 is 1.26 bits per heavy atom. The summed E-state index contributed by atoms with van der Waals surface area (Å²) < 4.78 is 0. The van der Waals surface area contributed by atoms with E-state index in [2.05, 4.69) is 306 Å². The van der Waals surface area contributed by atoms with Gasteiger partial charge in [0.15, 0.2) is 0 Å². The average molecular weight is 994 g/mol. The van der Waals surface area contributed by atoms with E-state index in [-0.39, 0.29) is 6.71 Å². The zero-order valence-electron chi connectivity index (χ0n) is 43.0. The van der Waals surface area contributed by atoms with Crippen LogP contribution in [-0.4, -0.2) is 6.71 Å². The molecule has 2 heterocycles. The molecule has 0 atom stereocenters. The molecule has 0 aromatic heterocycles. The third-order valence-corrected chi connectivity index (χ3v) is 16.2. The van der Waals surface area contributed by atoms with Gasteiger partial charge in [0.25, 0.3) is 6.71 Å². The fraction of sp³-hybridized carbons (Fsp3) is 0.0270. The van der Waals surface area contributed by atoms with E-state index >= 15 is 0 Å². The van der Waals surface area contributed by atoms with Crippen LogP contribution in [0, 0.1) is 0 Å². The van der Waals surface area contributed by atoms with E-state index in [9.17, 15) is 0 Å². The van der Waals surface area contributed by atoms with E-state index in [1.54, 1.807) is 0 Å². The molecular formula is C74H52BN3. The number of nitrogens with zero attached hydrogens (tertiary/aromatic N) is 3. The summed E-state index contributed by atoms with van der Waals surface area (Å²) in [4.78, 5) is 7.64. The standard InChI is InChI=1S/C74H52BN3/c1-5-19-51(20-6-1)55-35-41-61(42-36-55)76-70-45-39-59(53-23-9-3-10-24-53)47-66(70)75-67-48-60(54-25-11-4-12-26-54)40-46-71(67)77(62-43-37-56(38-44-62)52-21-7-2-8-22-52)73-50-63(49-72(76)74(73)75)78(68-33-17-29-57-27-13-15-31-64(57)68)69-34-18-30-58-28-14-16-32-65(58)69/h1-3,5-11,13-50H,4,12H2. The number of rotatable bonds is 9. The first-order valence-corrected chi connectivity index (χ1v) is 27.3. The summed E-state index contributed by atoms with van der Waals surface area (Å²) in [5.41, 5.74) is 23.6. The second-order valence-electron chi connectivity index (χ2n) is 20.7. The molecule has 0 saturated carbocycles. The number of hydrogen-bond donors (Lipinski definition) is 0. The molecule has 0 N–H and O–H groups in total. The maximum atomic E-state index is 2.56. The second kappa shape index (κ2) is 19.0. The highest BCUT2D eigenvalue weighted by Crippen LogP contribution is 2.50. The molecular weight excluding hydrogens is 942 g/mol. The van der Waals surface area contributed by atoms with Crippen LogP contribution in [0.3, 0.4) is 0 Å². The highest BCUT2D eigenvalue weighted by atomic mass is 15.2. The summed E-state index contributed by atoms with van der Waals surface area (Å²) in [7, 11) is 0. The fourth-order valence-corrected chi connectivity index (χ4v) is 12.6. The Hall–Kier alpha value is -9.90. The molecule has 0 bridgehead atoms. The number of anilines is 9. The van der Waals surface area contributed by atoms with Gasteiger partial charge in [0.1, 0.15) is 0 Å². The Labute approximate surface area is 456 Å². The zero-order chi connectivity index (χ0) is 51.5. The molecule has 78 heavy (non-hydrogen) atoms. The predicted octanol–water partition coefficient (Wildman–Crippen LogP) is 18.3. The molecule has 4 heteroatoms. The fourth-order valence-electron chi connectivity index (χ4n) is 12.6. The molecule has 15 rings (SSSR count). The third kappa shape index (κ3) is 7.75. The topological polar surface area (TPSA) is 9.72 Å². The van der Waals surface area contributed by atoms with Gasteiger partial charge in [0.05, 0.1) is 17.1 Å². The smallest absolute Gasteiger partial charge is 0.252 e. The van der Waals surface area contributed by atoms with Gasteiger partial charge < -0.3 is 14.7 Å². The Bertz CT molecular complexity index is 4210. The molecule has 2 aliphatic heterocycles. The van der Waals surface area contributed by atoms with Gasteiger partial charge in [-0.1, -0.05) is 231 Å². The first-order valence-electron chi connectivity index (χ1n) is 27.3. The molecule has 1 aliphatic carbocycles. The Morgan fingerprint density at radius 2 is 0.756 bits per heavy atom. The number of benzene rings is 12. The van der Waals surface area contributed by atoms with Crippen LogP contribution in [0.5, 0.6) is 0 Å². The maximum absolute atomic E-state index is 2.56. The average Bonchev–Trinajstić information content (AvgIpc) is 3.06. The first-order chi connectivity index (χ1) is 38.7. The summed E-state index contributed by atoms with van der Waals surface area (Å²) in [5, 5.41) is 4.74. The van der Waals surface area contributed by atoms with Crippen molar-refractivity contribution in [3.63, 3.8) is 0 Å². The van der Waals surface area contributed by atoms with E-state index in [0.717, 1.165) is 52.7 Å². The Morgan fingerprint density at radius 1 is 0.333 bits per heavy atom. The van der Waals surface area contributed by atoms with Crippen LogP contribution < -0.4 is 31.1 Å². The van der Waals surface area contributed by atoms with Gasteiger partial charge in [-0.25, -0.2) is 0 Å². The van der Waals surface area contributed by atoms with Gasteiger partial charge in [-0.15, -0.1) is 0 Å². The molecule has 12 aromatic rings. The van der Waals surface area contributed by atoms with Crippen LogP contribution in [0.15, 0.2) is 291 Å². The van der Waals surface area contributed by atoms with Crippen LogP contribution in [0.1, 0.15) is 18.4 Å². The molecule has 3 nitrogen and oxygen atoms in total. The molecule has 366 valence electrons. The molecule has 0 saturated heterocycles. The summed E-state index contributed by atoms with van der Waals surface area (Å²) in [5.74, 6) is 0. The minimum absolute atomic E-state index is 0.117. The summed E-state index contributed by atoms with van der Waals surface area (Å²) in [6.45, 7) is -0.117. The number of allylic oxidation sites excluding steroid dienone is 4. The van der Waals surface area contributed by atoms with Crippen LogP contribution >= 0.6 is 0 Å². The van der Waals surface area contributed by atoms with Crippen molar-refractivity contribution in [1.29, 1.82) is 0 Å². The van der Waals surface area contributed by atoms with Gasteiger partial charge in [-0.3, -0.25) is 0 Å². The van der Waals surface area contributed by atoms with E-state index in [1.807, 2.05) is 0 Å². The van der Waals surface area contributed by atoms with E-state index < -0.39 is 0 Å². The molecule has 0 unspecified atom stereocenters. The lowest BCUT2D eigenvalue weighted by molar-refractivity contribution is 1.04. The predicted molar refractivity (Wildman–Crippen MR) is 333 cm³/mol. The van der Waals surface area contributed by atoms with Crippen molar-refractivity contribution < 1.29 is 0 Å². The van der Waals surface area contributed by atoms with Gasteiger partial charge in [-0.2, -0.15) is 0 Å². The minimum Gasteiger partial charge on any atom is -0.311 e. The van der Waals surface area contributed by atoms with Crippen molar-refractivity contribution in [2.24, 2.45) is 0 Å². The zero-order valence-corrected chi connectivity index (χ0v) is 43.0. The van der Waals surface area contributed by atoms with Gasteiger partial charge >= 0.3 is 0 Å². The molecule has 12 aromatic carbocycles. The van der Waals surface area contributed by atoms with Crippen molar-refractivity contribution in [3.8, 4) is 33.4 Å². The lowest BCUT2D eigenvalue weighted by Gasteiger charge is -2.45. The van der Waals surface area contributed by atoms with Crippen LogP contribution in [-0.2, 0) is 0 Å². The van der Waals surface area contributed by atoms with Crippen molar-refractivity contribution in [2.45, 2.75) is 12.8 Å². The van der Waals surface area contributed by atoms with Crippen molar-refractivity contribution in [2.75, 3.05) is 14.7 Å². The third-order valence-electron chi connectivity index (χ3n) is 16.2. The quantitative estimate of drug-likeness (QED) is 0.133. The monoisotopic (exact) mass is 993 g/mol.